The third-order valence-electron chi connectivity index (χ3n) is 2.20. The van der Waals surface area contributed by atoms with Crippen molar-refractivity contribution in [2.45, 2.75) is 19.4 Å². The predicted molar refractivity (Wildman–Crippen MR) is 74.4 cm³/mol. The molecule has 0 saturated carbocycles. The number of carbonyl (C=O) groups excluding carboxylic acids is 1. The second-order valence-electron chi connectivity index (χ2n) is 4.64. The number of ether oxygens (including phenoxy) is 1. The monoisotopic (exact) mass is 283 g/mol. The van der Waals surface area contributed by atoms with Gasteiger partial charge in [0.2, 0.25) is 0 Å². The summed E-state index contributed by atoms with van der Waals surface area (Å²) < 4.78 is 5.03. The van der Waals surface area contributed by atoms with Gasteiger partial charge in [-0.1, -0.05) is 0 Å². The lowest BCUT2D eigenvalue weighted by molar-refractivity contribution is -0.131. The molecule has 0 atom stereocenters. The van der Waals surface area contributed by atoms with Gasteiger partial charge < -0.3 is 15.2 Å². The molecule has 1 aromatic rings. The maximum atomic E-state index is 12.0. The number of hydrogen-bond donors (Lipinski definition) is 2. The number of carboxylic acids is 1. The van der Waals surface area contributed by atoms with Gasteiger partial charge in [0, 0.05) is 18.1 Å². The first-order valence-corrected chi connectivity index (χ1v) is 6.48. The van der Waals surface area contributed by atoms with E-state index in [2.05, 4.69) is 5.32 Å². The molecule has 0 saturated heterocycles. The highest BCUT2D eigenvalue weighted by molar-refractivity contribution is 7.14. The van der Waals surface area contributed by atoms with Crippen LogP contribution in [0.1, 0.15) is 28.4 Å². The van der Waals surface area contributed by atoms with E-state index in [-0.39, 0.29) is 5.91 Å². The molecule has 1 heterocycles. The van der Waals surface area contributed by atoms with Gasteiger partial charge in [-0.15, -0.1) is 11.3 Å². The summed E-state index contributed by atoms with van der Waals surface area (Å²) in [5.41, 5.74) is -0.451. The highest BCUT2D eigenvalue weighted by Gasteiger charge is 2.21. The van der Waals surface area contributed by atoms with Crippen LogP contribution in [-0.2, 0) is 9.53 Å². The number of hydrogen-bond acceptors (Lipinski definition) is 4. The molecule has 0 aliphatic heterocycles. The molecule has 0 aliphatic rings. The van der Waals surface area contributed by atoms with Crippen LogP contribution >= 0.6 is 11.3 Å². The summed E-state index contributed by atoms with van der Waals surface area (Å²) >= 11 is 1.24. The standard InChI is InChI=1S/C13H17NO4S/c1-13(2,8-18-3)14-12(17)10-6-4-9(19-10)5-7-11(15)16/h4-7H,8H2,1-3H3,(H,14,17)(H,15,16)/b7-5+. The molecule has 0 bridgehead atoms. The van der Waals surface area contributed by atoms with Crippen molar-refractivity contribution in [1.29, 1.82) is 0 Å². The summed E-state index contributed by atoms with van der Waals surface area (Å²) in [6.07, 6.45) is 2.51. The third-order valence-corrected chi connectivity index (χ3v) is 3.25. The Morgan fingerprint density at radius 3 is 2.74 bits per heavy atom. The summed E-state index contributed by atoms with van der Waals surface area (Å²) in [5, 5.41) is 11.4. The lowest BCUT2D eigenvalue weighted by atomic mass is 10.1. The normalized spacial score (nSPS) is 11.7. The smallest absolute Gasteiger partial charge is 0.328 e. The third kappa shape index (κ3) is 5.23. The lowest BCUT2D eigenvalue weighted by Gasteiger charge is -2.24. The molecule has 0 aliphatic carbocycles. The van der Waals surface area contributed by atoms with Crippen LogP contribution in [0.4, 0.5) is 0 Å². The number of methoxy groups -OCH3 is 1. The van der Waals surface area contributed by atoms with E-state index >= 15 is 0 Å². The van der Waals surface area contributed by atoms with Gasteiger partial charge in [0.05, 0.1) is 17.0 Å². The molecule has 19 heavy (non-hydrogen) atoms. The van der Waals surface area contributed by atoms with Gasteiger partial charge in [-0.3, -0.25) is 4.79 Å². The van der Waals surface area contributed by atoms with E-state index in [0.717, 1.165) is 11.0 Å². The summed E-state index contributed by atoms with van der Waals surface area (Å²) in [7, 11) is 1.58. The summed E-state index contributed by atoms with van der Waals surface area (Å²) in [4.78, 5) is 23.6. The molecule has 0 aromatic carbocycles. The molecule has 0 fully saturated rings. The van der Waals surface area contributed by atoms with Crippen molar-refractivity contribution in [2.24, 2.45) is 0 Å². The molecular formula is C13H17NO4S. The maximum absolute atomic E-state index is 12.0. The van der Waals surface area contributed by atoms with Crippen LogP contribution < -0.4 is 5.32 Å². The minimum absolute atomic E-state index is 0.193. The first kappa shape index (κ1) is 15.4. The maximum Gasteiger partial charge on any atom is 0.328 e. The number of nitrogens with one attached hydrogen (secondary N) is 1. The van der Waals surface area contributed by atoms with Gasteiger partial charge in [-0.2, -0.15) is 0 Å². The first-order valence-electron chi connectivity index (χ1n) is 5.66. The van der Waals surface area contributed by atoms with Crippen molar-refractivity contribution in [3.63, 3.8) is 0 Å². The SMILES string of the molecule is COCC(C)(C)NC(=O)c1ccc(/C=C/C(=O)O)s1. The second kappa shape index (κ2) is 6.49. The Labute approximate surface area is 115 Å². The summed E-state index contributed by atoms with van der Waals surface area (Å²) in [6.45, 7) is 4.15. The molecule has 2 N–H and O–H groups in total. The average molecular weight is 283 g/mol. The van der Waals surface area contributed by atoms with Gasteiger partial charge >= 0.3 is 5.97 Å². The van der Waals surface area contributed by atoms with Crippen LogP contribution in [0, 0.1) is 0 Å². The van der Waals surface area contributed by atoms with Crippen LogP contribution in [0.5, 0.6) is 0 Å². The van der Waals surface area contributed by atoms with Crippen molar-refractivity contribution < 1.29 is 19.4 Å². The fraction of sp³-hybridized carbons (Fsp3) is 0.385. The largest absolute Gasteiger partial charge is 0.478 e. The van der Waals surface area contributed by atoms with Crippen LogP contribution in [0.3, 0.4) is 0 Å². The Morgan fingerprint density at radius 2 is 2.16 bits per heavy atom. The van der Waals surface area contributed by atoms with E-state index in [1.807, 2.05) is 13.8 Å². The van der Waals surface area contributed by atoms with Crippen molar-refractivity contribution in [3.05, 3.63) is 28.0 Å². The van der Waals surface area contributed by atoms with Gasteiger partial charge in [0.25, 0.3) is 5.91 Å². The summed E-state index contributed by atoms with van der Waals surface area (Å²) in [6, 6.07) is 3.38. The van der Waals surface area contributed by atoms with Gasteiger partial charge in [0.15, 0.2) is 0 Å². The topological polar surface area (TPSA) is 75.6 Å². The highest BCUT2D eigenvalue weighted by Crippen LogP contribution is 2.18. The van der Waals surface area contributed by atoms with Crippen LogP contribution in [0.15, 0.2) is 18.2 Å². The second-order valence-corrected chi connectivity index (χ2v) is 5.76. The zero-order valence-corrected chi connectivity index (χ0v) is 11.9. The molecule has 1 aromatic heterocycles. The van der Waals surface area contributed by atoms with Crippen molar-refractivity contribution in [1.82, 2.24) is 5.32 Å². The molecule has 0 spiro atoms. The Morgan fingerprint density at radius 1 is 1.47 bits per heavy atom. The molecule has 0 unspecified atom stereocenters. The Kier molecular flexibility index (Phi) is 5.26. The van der Waals surface area contributed by atoms with E-state index < -0.39 is 11.5 Å². The molecule has 5 nitrogen and oxygen atoms in total. The molecule has 1 amide bonds. The van der Waals surface area contributed by atoms with E-state index in [1.54, 1.807) is 19.2 Å². The number of amides is 1. The number of rotatable bonds is 6. The van der Waals surface area contributed by atoms with E-state index in [9.17, 15) is 9.59 Å². The molecule has 6 heteroatoms. The van der Waals surface area contributed by atoms with Crippen molar-refractivity contribution in [3.8, 4) is 0 Å². The average Bonchev–Trinajstić information content (AvgIpc) is 2.74. The number of aliphatic carboxylic acids is 1. The molecule has 0 radical (unpaired) electrons. The highest BCUT2D eigenvalue weighted by atomic mass is 32.1. The van der Waals surface area contributed by atoms with E-state index in [0.29, 0.717) is 11.5 Å². The zero-order valence-electron chi connectivity index (χ0n) is 11.1. The molecule has 104 valence electrons. The first-order chi connectivity index (χ1) is 8.84. The minimum atomic E-state index is -1.01. The van der Waals surface area contributed by atoms with Gasteiger partial charge in [0.1, 0.15) is 0 Å². The van der Waals surface area contributed by atoms with E-state index in [4.69, 9.17) is 9.84 Å². The summed E-state index contributed by atoms with van der Waals surface area (Å²) in [5.74, 6) is -1.21. The van der Waals surface area contributed by atoms with Crippen LogP contribution in [-0.4, -0.2) is 36.2 Å². The van der Waals surface area contributed by atoms with Crippen LogP contribution in [0.25, 0.3) is 6.08 Å². The Bertz CT molecular complexity index is 491. The van der Waals surface area contributed by atoms with Gasteiger partial charge in [-0.05, 0) is 32.1 Å². The molecular weight excluding hydrogens is 266 g/mol. The quantitative estimate of drug-likeness (QED) is 0.783. The van der Waals surface area contributed by atoms with E-state index in [1.165, 1.54) is 17.4 Å². The fourth-order valence-electron chi connectivity index (χ4n) is 1.48. The Balaban J connectivity index is 2.71. The lowest BCUT2D eigenvalue weighted by Crippen LogP contribution is -2.46. The van der Waals surface area contributed by atoms with Gasteiger partial charge in [-0.25, -0.2) is 4.79 Å². The number of carboxylic acid groups (broad SMARTS) is 1. The number of thiophene rings is 1. The molecule has 1 rings (SSSR count). The van der Waals surface area contributed by atoms with Crippen LogP contribution in [0.2, 0.25) is 0 Å². The number of carbonyl (C=O) groups is 2. The Hall–Kier alpha value is -1.66. The predicted octanol–water partition coefficient (Wildman–Crippen LogP) is 2.00. The van der Waals surface area contributed by atoms with Crippen molar-refractivity contribution in [2.75, 3.05) is 13.7 Å². The minimum Gasteiger partial charge on any atom is -0.478 e. The fourth-order valence-corrected chi connectivity index (χ4v) is 2.29. The van der Waals surface area contributed by atoms with Crippen molar-refractivity contribution >= 4 is 29.3 Å². The zero-order chi connectivity index (χ0) is 14.5.